The second kappa shape index (κ2) is 15.1. The van der Waals surface area contributed by atoms with E-state index in [2.05, 4.69) is 213 Å². The van der Waals surface area contributed by atoms with Crippen LogP contribution in [0.15, 0.2) is 152 Å². The summed E-state index contributed by atoms with van der Waals surface area (Å²) in [4.78, 5) is 4.78. The van der Waals surface area contributed by atoms with E-state index in [9.17, 15) is 4.11 Å². The van der Waals surface area contributed by atoms with Crippen molar-refractivity contribution in [3.8, 4) is 61.5 Å². The Morgan fingerprint density at radius 2 is 1.20 bits per heavy atom. The van der Waals surface area contributed by atoms with E-state index in [1.807, 2.05) is 24.3 Å². The quantitative estimate of drug-likeness (QED) is 0.164. The average Bonchev–Trinajstić information content (AvgIpc) is 3.63. The number of aryl methyl sites for hydroxylation is 2. The highest BCUT2D eigenvalue weighted by molar-refractivity contribution is 6.02. The van der Waals surface area contributed by atoms with Crippen LogP contribution in [-0.4, -0.2) is 0 Å². The van der Waals surface area contributed by atoms with Crippen LogP contribution >= 0.6 is 0 Å². The molecule has 0 N–H and O–H groups in total. The highest BCUT2D eigenvalue weighted by atomic mass is 16.5. The van der Waals surface area contributed by atoms with E-state index in [0.29, 0.717) is 11.3 Å². The van der Waals surface area contributed by atoms with Gasteiger partial charge in [0.15, 0.2) is 6.20 Å². The molecule has 0 bridgehead atoms. The summed E-state index contributed by atoms with van der Waals surface area (Å²) in [6, 6.07) is 50.4. The minimum Gasteiger partial charge on any atom is -0.410 e. The predicted octanol–water partition coefficient (Wildman–Crippen LogP) is 17.2. The molecule has 0 fully saturated rings. The van der Waals surface area contributed by atoms with E-state index >= 15 is 0 Å². The van der Waals surface area contributed by atoms with Gasteiger partial charge in [-0.2, -0.15) is 0 Å². The van der Waals surface area contributed by atoms with E-state index < -0.39 is 25.7 Å². The van der Waals surface area contributed by atoms with Gasteiger partial charge in [0.2, 0.25) is 5.69 Å². The van der Waals surface area contributed by atoms with Crippen molar-refractivity contribution in [2.24, 2.45) is 0 Å². The number of fused-ring (bicyclic) bond motifs is 5. The molecule has 4 nitrogen and oxygen atoms in total. The lowest BCUT2D eigenvalue weighted by Gasteiger charge is -2.49. The van der Waals surface area contributed by atoms with Crippen LogP contribution in [0.1, 0.15) is 142 Å². The van der Waals surface area contributed by atoms with Gasteiger partial charge in [-0.25, -0.2) is 4.90 Å². The molecule has 12 rings (SSSR count). The maximum absolute atomic E-state index is 9.55. The molecule has 0 amide bonds. The first kappa shape index (κ1) is 38.8. The topological polar surface area (TPSA) is 19.6 Å². The maximum Gasteiger partial charge on any atom is 0.432 e. The van der Waals surface area contributed by atoms with Crippen LogP contribution in [0.3, 0.4) is 0 Å². The van der Waals surface area contributed by atoms with Crippen LogP contribution in [0.5, 0.6) is 5.75 Å². The zero-order valence-electron chi connectivity index (χ0n) is 49.3. The molecule has 0 aliphatic carbocycles. The number of pyridine rings is 1. The van der Waals surface area contributed by atoms with Gasteiger partial charge in [0.05, 0.1) is 16.9 Å². The van der Waals surface area contributed by atoms with Gasteiger partial charge in [-0.1, -0.05) is 186 Å². The van der Waals surface area contributed by atoms with Crippen molar-refractivity contribution in [3.05, 3.63) is 196 Å². The Kier molecular flexibility index (Phi) is 8.23. The monoisotopic (exact) mass is 937 g/mol. The Balaban J connectivity index is 1.18. The van der Waals surface area contributed by atoms with Gasteiger partial charge in [0, 0.05) is 48.3 Å². The van der Waals surface area contributed by atoms with Crippen molar-refractivity contribution < 1.29 is 17.5 Å². The van der Waals surface area contributed by atoms with Crippen molar-refractivity contribution >= 4 is 17.1 Å². The van der Waals surface area contributed by atoms with Crippen LogP contribution in [-0.2, 0) is 27.5 Å². The SMILES string of the molecule is [2H]C([2H])([2H])c1ccc(-c2cc[n+]3c(c2)-c2cc(C(C)(C)C)cc4c2C32Oc3c(cc(C(C)(C)C)cc3C(C)(C)C)C3N(c5ccc(-c6c(-c7ccccc7)cccc6C(C)(C)C)cc5C([2H])([2H])[2H])c5cccc-4c5N32)cc1. The third kappa shape index (κ3) is 6.66. The minimum atomic E-state index is -2.53. The third-order valence-corrected chi connectivity index (χ3v) is 15.5. The van der Waals surface area contributed by atoms with Crippen LogP contribution in [0.4, 0.5) is 17.1 Å². The number of para-hydroxylation sites is 1. The van der Waals surface area contributed by atoms with Crippen LogP contribution in [0.2, 0.25) is 0 Å². The van der Waals surface area contributed by atoms with Crippen molar-refractivity contribution in [3.63, 3.8) is 0 Å². The molecular formula is C67H68N3O+. The number of benzene rings is 7. The Labute approximate surface area is 431 Å². The zero-order chi connectivity index (χ0) is 54.9. The summed E-state index contributed by atoms with van der Waals surface area (Å²) in [6.07, 6.45) is 1.56. The Morgan fingerprint density at radius 1 is 0.521 bits per heavy atom. The highest BCUT2D eigenvalue weighted by Crippen LogP contribution is 2.68. The van der Waals surface area contributed by atoms with Gasteiger partial charge >= 0.3 is 5.85 Å². The van der Waals surface area contributed by atoms with Gasteiger partial charge in [0.25, 0.3) is 0 Å². The Morgan fingerprint density at radius 3 is 1.89 bits per heavy atom. The number of anilines is 3. The van der Waals surface area contributed by atoms with Crippen molar-refractivity contribution in [2.45, 2.75) is 130 Å². The van der Waals surface area contributed by atoms with Crippen molar-refractivity contribution in [1.29, 1.82) is 0 Å². The number of aromatic nitrogens is 1. The number of hydrogen-bond donors (Lipinski definition) is 0. The van der Waals surface area contributed by atoms with Gasteiger partial charge in [0.1, 0.15) is 17.5 Å². The van der Waals surface area contributed by atoms with E-state index in [1.165, 1.54) is 5.56 Å². The van der Waals surface area contributed by atoms with Crippen molar-refractivity contribution in [1.82, 2.24) is 0 Å². The summed E-state index contributed by atoms with van der Waals surface area (Å²) >= 11 is 0. The lowest BCUT2D eigenvalue weighted by molar-refractivity contribution is -0.774. The molecule has 2 unspecified atom stereocenters. The lowest BCUT2D eigenvalue weighted by atomic mass is 9.77. The molecular weight excluding hydrogens is 863 g/mol. The molecule has 7 aromatic carbocycles. The Hall–Kier alpha value is -6.91. The first-order valence-corrected chi connectivity index (χ1v) is 25.3. The van der Waals surface area contributed by atoms with E-state index in [-0.39, 0.29) is 27.2 Å². The normalized spacial score (nSPS) is 19.0. The highest BCUT2D eigenvalue weighted by Gasteiger charge is 2.70. The molecule has 4 heteroatoms. The summed E-state index contributed by atoms with van der Waals surface area (Å²) in [5.41, 5.74) is 18.5. The number of rotatable bonds is 4. The summed E-state index contributed by atoms with van der Waals surface area (Å²) < 4.78 is 63.3. The fourth-order valence-electron chi connectivity index (χ4n) is 11.9. The predicted molar refractivity (Wildman–Crippen MR) is 296 cm³/mol. The molecule has 2 atom stereocenters. The van der Waals surface area contributed by atoms with Crippen LogP contribution < -0.4 is 19.1 Å². The number of ether oxygens (including phenoxy) is 1. The van der Waals surface area contributed by atoms with Crippen LogP contribution in [0, 0.1) is 13.7 Å². The molecule has 0 saturated carbocycles. The van der Waals surface area contributed by atoms with Gasteiger partial charge in [-0.3, -0.25) is 0 Å². The van der Waals surface area contributed by atoms with E-state index in [4.69, 9.17) is 8.85 Å². The number of hydrogen-bond acceptors (Lipinski definition) is 3. The molecule has 4 aliphatic heterocycles. The molecule has 0 saturated heterocycles. The fourth-order valence-corrected chi connectivity index (χ4v) is 11.9. The van der Waals surface area contributed by atoms with Gasteiger partial charge in [-0.05, 0) is 127 Å². The lowest BCUT2D eigenvalue weighted by Crippen LogP contribution is -2.71. The maximum atomic E-state index is 9.55. The van der Waals surface area contributed by atoms with Crippen LogP contribution in [0.25, 0.3) is 55.8 Å². The smallest absolute Gasteiger partial charge is 0.410 e. The van der Waals surface area contributed by atoms with Gasteiger partial charge < -0.3 is 9.64 Å². The van der Waals surface area contributed by atoms with Crippen molar-refractivity contribution in [2.75, 3.05) is 9.80 Å². The van der Waals surface area contributed by atoms with E-state index in [0.717, 1.165) is 101 Å². The zero-order valence-corrected chi connectivity index (χ0v) is 43.3. The minimum absolute atomic E-state index is 0.233. The Bertz CT molecular complexity index is 3750. The average molecular weight is 937 g/mol. The summed E-state index contributed by atoms with van der Waals surface area (Å²) in [7, 11) is 0. The molecule has 1 aromatic heterocycles. The van der Waals surface area contributed by atoms with E-state index in [1.54, 1.807) is 12.1 Å². The molecule has 8 aromatic rings. The first-order valence-electron chi connectivity index (χ1n) is 28.3. The first-order chi connectivity index (χ1) is 36.0. The second-order valence-corrected chi connectivity index (χ2v) is 24.5. The largest absolute Gasteiger partial charge is 0.432 e. The standard InChI is InChI=1S/C67H68N3O/c1-40-26-28-42(29-27-40)44-32-33-68-57(35-44)51-37-46(63(3,4)5)36-50-49-23-19-25-56-60(49)70-62(52-38-47(64(6,7)8)39-54(66(12,13)14)61(52)71-67(68,70)59(50)51)69(56)55-31-30-45(34-41(55)2)58-48(43-20-16-15-17-21-43)22-18-24-53(58)65(9,10)11/h15-39,62H,1-14H3/q+1/i1D3,2D3. The molecule has 356 valence electrons. The molecule has 71 heavy (non-hydrogen) atoms. The molecule has 0 radical (unpaired) electrons. The summed E-state index contributed by atoms with van der Waals surface area (Å²) in [5, 5.41) is 0. The number of nitrogens with zero attached hydrogens (tertiary/aromatic N) is 3. The molecule has 4 aliphatic rings. The second-order valence-electron chi connectivity index (χ2n) is 24.5. The molecule has 1 spiro atoms. The summed E-state index contributed by atoms with van der Waals surface area (Å²) in [6.45, 7) is 22.2. The third-order valence-electron chi connectivity index (χ3n) is 15.5. The van der Waals surface area contributed by atoms with Gasteiger partial charge in [-0.15, -0.1) is 4.57 Å². The fraction of sp³-hybridized carbons (Fsp3) is 0.299. The molecule has 5 heterocycles. The summed E-state index contributed by atoms with van der Waals surface area (Å²) in [5.74, 6) is -0.497.